The van der Waals surface area contributed by atoms with Crippen molar-refractivity contribution < 1.29 is 13.9 Å². The van der Waals surface area contributed by atoms with Gasteiger partial charge in [0.1, 0.15) is 5.82 Å². The van der Waals surface area contributed by atoms with E-state index >= 15 is 0 Å². The van der Waals surface area contributed by atoms with Crippen molar-refractivity contribution >= 4 is 17.7 Å². The lowest BCUT2D eigenvalue weighted by atomic mass is 10.2. The number of hydrogen-bond donors (Lipinski definition) is 0. The van der Waals surface area contributed by atoms with Crippen molar-refractivity contribution in [1.82, 2.24) is 4.90 Å². The summed E-state index contributed by atoms with van der Waals surface area (Å²) >= 11 is 5.60. The van der Waals surface area contributed by atoms with Crippen LogP contribution in [0.1, 0.15) is 5.56 Å². The van der Waals surface area contributed by atoms with Crippen molar-refractivity contribution in [3.05, 3.63) is 34.6 Å². The van der Waals surface area contributed by atoms with Gasteiger partial charge in [-0.15, -0.1) is 0 Å². The van der Waals surface area contributed by atoms with Gasteiger partial charge in [0, 0.05) is 13.6 Å². The van der Waals surface area contributed by atoms with E-state index in [9.17, 15) is 9.18 Å². The van der Waals surface area contributed by atoms with E-state index in [-0.39, 0.29) is 5.02 Å². The lowest BCUT2D eigenvalue weighted by Crippen LogP contribution is -2.25. The highest BCUT2D eigenvalue weighted by atomic mass is 35.5. The number of halogens is 2. The Kier molecular flexibility index (Phi) is 3.91. The number of ether oxygens (including phenoxy) is 1. The Balaban J connectivity index is 2.73. The highest BCUT2D eigenvalue weighted by molar-refractivity contribution is 6.30. The lowest BCUT2D eigenvalue weighted by Gasteiger charge is -2.15. The molecule has 0 aliphatic rings. The fourth-order valence-corrected chi connectivity index (χ4v) is 1.34. The third-order valence-corrected chi connectivity index (χ3v) is 2.18. The van der Waals surface area contributed by atoms with Crippen LogP contribution in [0, 0.1) is 5.82 Å². The quantitative estimate of drug-likeness (QED) is 0.783. The largest absolute Gasteiger partial charge is 0.453 e. The number of methoxy groups -OCH3 is 1. The molecule has 5 heteroatoms. The van der Waals surface area contributed by atoms with Gasteiger partial charge in [-0.25, -0.2) is 9.18 Å². The molecule has 0 saturated heterocycles. The maximum atomic E-state index is 12.8. The fourth-order valence-electron chi connectivity index (χ4n) is 1.13. The molecule has 0 spiro atoms. The van der Waals surface area contributed by atoms with Crippen LogP contribution < -0.4 is 0 Å². The lowest BCUT2D eigenvalue weighted by molar-refractivity contribution is 0.131. The van der Waals surface area contributed by atoms with E-state index in [0.717, 1.165) is 5.56 Å². The van der Waals surface area contributed by atoms with Gasteiger partial charge in [0.15, 0.2) is 0 Å². The molecule has 15 heavy (non-hydrogen) atoms. The van der Waals surface area contributed by atoms with E-state index in [2.05, 4.69) is 4.74 Å². The van der Waals surface area contributed by atoms with Gasteiger partial charge in [0.05, 0.1) is 12.1 Å². The second-order valence-corrected chi connectivity index (χ2v) is 3.48. The molecule has 0 saturated carbocycles. The van der Waals surface area contributed by atoms with Crippen molar-refractivity contribution in [1.29, 1.82) is 0 Å². The van der Waals surface area contributed by atoms with E-state index in [0.29, 0.717) is 6.54 Å². The van der Waals surface area contributed by atoms with Crippen LogP contribution >= 0.6 is 11.6 Å². The number of carbonyl (C=O) groups is 1. The van der Waals surface area contributed by atoms with Gasteiger partial charge in [-0.2, -0.15) is 0 Å². The predicted octanol–water partition coefficient (Wildman–Crippen LogP) is 2.68. The summed E-state index contributed by atoms with van der Waals surface area (Å²) in [6.07, 6.45) is -0.449. The summed E-state index contributed by atoms with van der Waals surface area (Å²) in [4.78, 5) is 12.4. The summed E-state index contributed by atoms with van der Waals surface area (Å²) in [7, 11) is 2.89. The number of rotatable bonds is 2. The molecule has 0 aliphatic heterocycles. The fraction of sp³-hybridized carbons (Fsp3) is 0.300. The molecule has 0 unspecified atom stereocenters. The summed E-state index contributed by atoms with van der Waals surface area (Å²) < 4.78 is 17.3. The third kappa shape index (κ3) is 3.09. The minimum absolute atomic E-state index is 0.0470. The number of carbonyl (C=O) groups excluding carboxylic acids is 1. The highest BCUT2D eigenvalue weighted by Gasteiger charge is 2.09. The smallest absolute Gasteiger partial charge is 0.409 e. The summed E-state index contributed by atoms with van der Waals surface area (Å²) in [5.41, 5.74) is 0.745. The van der Waals surface area contributed by atoms with Crippen molar-refractivity contribution in [2.75, 3.05) is 14.2 Å². The Morgan fingerprint density at radius 3 is 2.80 bits per heavy atom. The first-order chi connectivity index (χ1) is 7.04. The van der Waals surface area contributed by atoms with Gasteiger partial charge >= 0.3 is 6.09 Å². The minimum atomic E-state index is -0.471. The Labute approximate surface area is 92.4 Å². The molecule has 0 bridgehead atoms. The van der Waals surface area contributed by atoms with Crippen LogP contribution in [0.4, 0.5) is 9.18 Å². The van der Waals surface area contributed by atoms with Gasteiger partial charge in [0.2, 0.25) is 0 Å². The van der Waals surface area contributed by atoms with Crippen molar-refractivity contribution in [2.45, 2.75) is 6.54 Å². The zero-order valence-corrected chi connectivity index (χ0v) is 9.21. The maximum absolute atomic E-state index is 12.8. The first-order valence-electron chi connectivity index (χ1n) is 4.27. The van der Waals surface area contributed by atoms with Crippen LogP contribution in [-0.4, -0.2) is 25.2 Å². The highest BCUT2D eigenvalue weighted by Crippen LogP contribution is 2.16. The third-order valence-electron chi connectivity index (χ3n) is 1.89. The van der Waals surface area contributed by atoms with Crippen LogP contribution in [0.2, 0.25) is 5.02 Å². The molecule has 0 fully saturated rings. The van der Waals surface area contributed by atoms with Crippen LogP contribution in [0.5, 0.6) is 0 Å². The molecule has 0 N–H and O–H groups in total. The Bertz CT molecular complexity index is 370. The number of amides is 1. The summed E-state index contributed by atoms with van der Waals surface area (Å²) in [6, 6.07) is 4.32. The summed E-state index contributed by atoms with van der Waals surface area (Å²) in [5, 5.41) is 0.0470. The summed E-state index contributed by atoms with van der Waals surface area (Å²) in [6.45, 7) is 0.326. The van der Waals surface area contributed by atoms with Crippen LogP contribution in [-0.2, 0) is 11.3 Å². The molecule has 1 aromatic rings. The predicted molar refractivity (Wildman–Crippen MR) is 55.3 cm³/mol. The van der Waals surface area contributed by atoms with Gasteiger partial charge in [0.25, 0.3) is 0 Å². The molecule has 0 radical (unpaired) electrons. The first-order valence-corrected chi connectivity index (χ1v) is 4.65. The molecule has 1 amide bonds. The van der Waals surface area contributed by atoms with Gasteiger partial charge < -0.3 is 9.64 Å². The zero-order valence-electron chi connectivity index (χ0n) is 8.46. The Hall–Kier alpha value is -1.29. The maximum Gasteiger partial charge on any atom is 0.409 e. The van der Waals surface area contributed by atoms with E-state index in [1.54, 1.807) is 13.1 Å². The zero-order chi connectivity index (χ0) is 11.4. The molecule has 0 atom stereocenters. The molecule has 1 aromatic carbocycles. The Morgan fingerprint density at radius 2 is 2.27 bits per heavy atom. The molecule has 82 valence electrons. The van der Waals surface area contributed by atoms with Crippen LogP contribution in [0.15, 0.2) is 18.2 Å². The monoisotopic (exact) mass is 231 g/mol. The van der Waals surface area contributed by atoms with E-state index < -0.39 is 11.9 Å². The Morgan fingerprint density at radius 1 is 1.60 bits per heavy atom. The molecule has 0 aliphatic carbocycles. The average Bonchev–Trinajstić information content (AvgIpc) is 2.22. The topological polar surface area (TPSA) is 29.5 Å². The van der Waals surface area contributed by atoms with Gasteiger partial charge in [-0.3, -0.25) is 0 Å². The van der Waals surface area contributed by atoms with Gasteiger partial charge in [-0.05, 0) is 17.7 Å². The van der Waals surface area contributed by atoms with Crippen molar-refractivity contribution in [3.63, 3.8) is 0 Å². The number of benzene rings is 1. The SMILES string of the molecule is COC(=O)N(C)Cc1ccc(F)c(Cl)c1. The molecular formula is C10H11ClFNO2. The first kappa shape index (κ1) is 11.8. The molecular weight excluding hydrogens is 221 g/mol. The van der Waals surface area contributed by atoms with E-state index in [4.69, 9.17) is 11.6 Å². The summed E-state index contributed by atoms with van der Waals surface area (Å²) in [5.74, 6) is -0.471. The normalized spacial score (nSPS) is 9.87. The molecule has 0 heterocycles. The van der Waals surface area contributed by atoms with Crippen LogP contribution in [0.25, 0.3) is 0 Å². The number of hydrogen-bond acceptors (Lipinski definition) is 2. The standard InChI is InChI=1S/C10H11ClFNO2/c1-13(10(14)15-2)6-7-3-4-9(12)8(11)5-7/h3-5H,6H2,1-2H3. The number of nitrogens with zero attached hydrogens (tertiary/aromatic N) is 1. The van der Waals surface area contributed by atoms with Gasteiger partial charge in [-0.1, -0.05) is 17.7 Å². The second-order valence-electron chi connectivity index (χ2n) is 3.07. The van der Waals surface area contributed by atoms with E-state index in [1.807, 2.05) is 0 Å². The average molecular weight is 232 g/mol. The van der Waals surface area contributed by atoms with E-state index in [1.165, 1.54) is 24.1 Å². The minimum Gasteiger partial charge on any atom is -0.453 e. The van der Waals surface area contributed by atoms with Crippen molar-refractivity contribution in [2.24, 2.45) is 0 Å². The van der Waals surface area contributed by atoms with Crippen molar-refractivity contribution in [3.8, 4) is 0 Å². The second kappa shape index (κ2) is 4.98. The molecule has 3 nitrogen and oxygen atoms in total. The van der Waals surface area contributed by atoms with Crippen LogP contribution in [0.3, 0.4) is 0 Å². The molecule has 1 rings (SSSR count). The molecule has 0 aromatic heterocycles.